The Morgan fingerprint density at radius 1 is 0.822 bits per heavy atom. The first-order valence-electron chi connectivity index (χ1n) is 16.0. The minimum atomic E-state index is -0.130. The van der Waals surface area contributed by atoms with Crippen LogP contribution in [-0.4, -0.2) is 106 Å². The lowest BCUT2D eigenvalue weighted by atomic mass is 9.81. The van der Waals surface area contributed by atoms with E-state index in [0.29, 0.717) is 52.1 Å². The number of ether oxygens (including phenoxy) is 2. The number of carbonyl (C=O) groups is 2. The summed E-state index contributed by atoms with van der Waals surface area (Å²) in [6, 6.07) is 17.8. The monoisotopic (exact) mass is 616 g/mol. The van der Waals surface area contributed by atoms with Gasteiger partial charge in [-0.05, 0) is 62.0 Å². The fourth-order valence-corrected chi connectivity index (χ4v) is 6.90. The number of hydrogen-bond donors (Lipinski definition) is 1. The zero-order valence-corrected chi connectivity index (χ0v) is 26.3. The van der Waals surface area contributed by atoms with Crippen molar-refractivity contribution in [3.05, 3.63) is 66.1 Å². The molecule has 240 valence electrons. The summed E-state index contributed by atoms with van der Waals surface area (Å²) in [4.78, 5) is 35.1. The van der Waals surface area contributed by atoms with Gasteiger partial charge in [-0.15, -0.1) is 0 Å². The Bertz CT molecular complexity index is 1450. The first-order chi connectivity index (χ1) is 22.0. The fraction of sp³-hybridized carbons (Fsp3) is 0.500. The summed E-state index contributed by atoms with van der Waals surface area (Å²) < 4.78 is 16.6. The SMILES string of the molecule is COc1ccccc1N1CCN(C(=O)C[C@@H]2CCNC[C@@H]2Cc2cc(C(=O)N3CCN(c4ccccc4OC)CC3)on2)CC1. The lowest BCUT2D eigenvalue weighted by molar-refractivity contribution is -0.133. The molecule has 2 atom stereocenters. The number of piperazine rings is 2. The molecule has 0 unspecified atom stereocenters. The molecule has 0 radical (unpaired) electrons. The zero-order valence-electron chi connectivity index (χ0n) is 26.3. The number of nitrogens with zero attached hydrogens (tertiary/aromatic N) is 5. The Morgan fingerprint density at radius 2 is 1.40 bits per heavy atom. The third-order valence-electron chi connectivity index (χ3n) is 9.49. The quantitative estimate of drug-likeness (QED) is 0.388. The predicted octanol–water partition coefficient (Wildman–Crippen LogP) is 3.16. The van der Waals surface area contributed by atoms with Crippen molar-refractivity contribution in [1.82, 2.24) is 20.3 Å². The molecular formula is C34H44N6O5. The van der Waals surface area contributed by atoms with E-state index in [4.69, 9.17) is 14.0 Å². The summed E-state index contributed by atoms with van der Waals surface area (Å²) in [6.45, 7) is 7.31. The second kappa shape index (κ2) is 14.2. The highest BCUT2D eigenvalue weighted by molar-refractivity contribution is 5.91. The molecule has 11 heteroatoms. The highest BCUT2D eigenvalue weighted by Gasteiger charge is 2.32. The lowest BCUT2D eigenvalue weighted by Crippen LogP contribution is -2.50. The van der Waals surface area contributed by atoms with E-state index in [1.807, 2.05) is 52.3 Å². The molecule has 2 aromatic carbocycles. The van der Waals surface area contributed by atoms with Gasteiger partial charge in [0.15, 0.2) is 0 Å². The predicted molar refractivity (Wildman–Crippen MR) is 172 cm³/mol. The van der Waals surface area contributed by atoms with Crippen LogP contribution in [0.25, 0.3) is 0 Å². The number of hydrogen-bond acceptors (Lipinski definition) is 9. The van der Waals surface area contributed by atoms with Gasteiger partial charge in [0.25, 0.3) is 5.91 Å². The molecule has 4 heterocycles. The smallest absolute Gasteiger partial charge is 0.292 e. The maximum absolute atomic E-state index is 13.4. The number of benzene rings is 2. The molecule has 2 amide bonds. The van der Waals surface area contributed by atoms with Gasteiger partial charge >= 0.3 is 0 Å². The number of nitrogens with one attached hydrogen (secondary N) is 1. The van der Waals surface area contributed by atoms with Crippen LogP contribution in [0.15, 0.2) is 59.1 Å². The molecule has 3 aliphatic heterocycles. The van der Waals surface area contributed by atoms with Gasteiger partial charge in [0.05, 0.1) is 31.3 Å². The third kappa shape index (κ3) is 7.03. The molecular weight excluding hydrogens is 572 g/mol. The van der Waals surface area contributed by atoms with Crippen molar-refractivity contribution in [2.24, 2.45) is 11.8 Å². The van der Waals surface area contributed by atoms with Crippen LogP contribution in [0.3, 0.4) is 0 Å². The highest BCUT2D eigenvalue weighted by Crippen LogP contribution is 2.31. The number of rotatable bonds is 9. The van der Waals surface area contributed by atoms with E-state index in [9.17, 15) is 9.59 Å². The number of methoxy groups -OCH3 is 2. The van der Waals surface area contributed by atoms with Gasteiger partial charge in [0.2, 0.25) is 11.7 Å². The van der Waals surface area contributed by atoms with Gasteiger partial charge in [0, 0.05) is 64.8 Å². The van der Waals surface area contributed by atoms with Crippen molar-refractivity contribution >= 4 is 23.2 Å². The molecule has 0 spiro atoms. The number of para-hydroxylation sites is 4. The number of amides is 2. The molecule has 3 fully saturated rings. The Balaban J connectivity index is 1.00. The van der Waals surface area contributed by atoms with Crippen molar-refractivity contribution in [1.29, 1.82) is 0 Å². The topological polar surface area (TPSA) is 104 Å². The van der Waals surface area contributed by atoms with Gasteiger partial charge in [-0.25, -0.2) is 0 Å². The average Bonchev–Trinajstić information content (AvgIpc) is 3.57. The summed E-state index contributed by atoms with van der Waals surface area (Å²) in [5, 5.41) is 7.77. The molecule has 11 nitrogen and oxygen atoms in total. The van der Waals surface area contributed by atoms with Crippen molar-refractivity contribution in [3.8, 4) is 11.5 Å². The maximum Gasteiger partial charge on any atom is 0.292 e. The first-order valence-corrected chi connectivity index (χ1v) is 16.0. The largest absolute Gasteiger partial charge is 0.495 e. The Kier molecular flexibility index (Phi) is 9.73. The number of carbonyl (C=O) groups excluding carboxylic acids is 2. The third-order valence-corrected chi connectivity index (χ3v) is 9.49. The van der Waals surface area contributed by atoms with E-state index in [-0.39, 0.29) is 29.4 Å². The summed E-state index contributed by atoms with van der Waals surface area (Å²) in [7, 11) is 3.37. The Labute approximate surface area is 265 Å². The van der Waals surface area contributed by atoms with Crippen molar-refractivity contribution in [2.75, 3.05) is 89.5 Å². The van der Waals surface area contributed by atoms with Gasteiger partial charge < -0.3 is 38.9 Å². The van der Waals surface area contributed by atoms with Crippen LogP contribution in [0.4, 0.5) is 11.4 Å². The van der Waals surface area contributed by atoms with Gasteiger partial charge in [-0.2, -0.15) is 0 Å². The molecule has 1 aromatic heterocycles. The second-order valence-electron chi connectivity index (χ2n) is 12.1. The molecule has 1 N–H and O–H groups in total. The van der Waals surface area contributed by atoms with Crippen molar-refractivity contribution < 1.29 is 23.6 Å². The molecule has 3 aromatic rings. The van der Waals surface area contributed by atoms with E-state index in [1.165, 1.54) is 0 Å². The minimum absolute atomic E-state index is 0.130. The van der Waals surface area contributed by atoms with Crippen molar-refractivity contribution in [2.45, 2.75) is 19.3 Å². The van der Waals surface area contributed by atoms with E-state index >= 15 is 0 Å². The zero-order chi connectivity index (χ0) is 31.2. The molecule has 0 bridgehead atoms. The highest BCUT2D eigenvalue weighted by atomic mass is 16.5. The number of aromatic nitrogens is 1. The standard InChI is InChI=1S/C34H44N6O5/c1-43-30-9-5-3-7-28(30)37-13-17-39(18-14-37)33(41)22-25-11-12-35-24-26(25)21-27-23-32(45-36-27)34(42)40-19-15-38(16-20-40)29-8-4-6-10-31(29)44-2/h3-10,23,25-26,35H,11-22,24H2,1-2H3/t25-,26-/m0/s1. The van der Waals surface area contributed by atoms with Crippen LogP contribution >= 0.6 is 0 Å². The van der Waals surface area contributed by atoms with E-state index < -0.39 is 0 Å². The summed E-state index contributed by atoms with van der Waals surface area (Å²) in [5.41, 5.74) is 2.88. The lowest BCUT2D eigenvalue weighted by Gasteiger charge is -2.38. The van der Waals surface area contributed by atoms with Gasteiger partial charge in [-0.1, -0.05) is 29.4 Å². The molecule has 3 saturated heterocycles. The number of piperidine rings is 1. The summed E-state index contributed by atoms with van der Waals surface area (Å²) in [5.74, 6) is 2.56. The van der Waals surface area contributed by atoms with Crippen LogP contribution in [-0.2, 0) is 11.2 Å². The fourth-order valence-electron chi connectivity index (χ4n) is 6.90. The summed E-state index contributed by atoms with van der Waals surface area (Å²) >= 11 is 0. The van der Waals surface area contributed by atoms with E-state index in [2.05, 4.69) is 26.3 Å². The second-order valence-corrected chi connectivity index (χ2v) is 12.1. The van der Waals surface area contributed by atoms with Crippen LogP contribution in [0.2, 0.25) is 0 Å². The molecule has 6 rings (SSSR count). The normalized spacial score (nSPS) is 20.7. The molecule has 3 aliphatic rings. The molecule has 0 saturated carbocycles. The summed E-state index contributed by atoms with van der Waals surface area (Å²) in [6.07, 6.45) is 2.14. The van der Waals surface area contributed by atoms with E-state index in [1.54, 1.807) is 20.3 Å². The first kappa shape index (κ1) is 30.8. The van der Waals surface area contributed by atoms with Crippen molar-refractivity contribution in [3.63, 3.8) is 0 Å². The Hall–Kier alpha value is -4.25. The Morgan fingerprint density at radius 3 is 2.00 bits per heavy atom. The minimum Gasteiger partial charge on any atom is -0.495 e. The van der Waals surface area contributed by atoms with Crippen LogP contribution in [0.5, 0.6) is 11.5 Å². The van der Waals surface area contributed by atoms with E-state index in [0.717, 1.165) is 61.2 Å². The number of anilines is 2. The van der Waals surface area contributed by atoms with Gasteiger partial charge in [0.1, 0.15) is 11.5 Å². The molecule has 0 aliphatic carbocycles. The van der Waals surface area contributed by atoms with Crippen LogP contribution in [0, 0.1) is 11.8 Å². The van der Waals surface area contributed by atoms with Crippen LogP contribution in [0.1, 0.15) is 29.1 Å². The average molecular weight is 617 g/mol. The maximum atomic E-state index is 13.4. The molecule has 45 heavy (non-hydrogen) atoms. The van der Waals surface area contributed by atoms with Gasteiger partial charge in [-0.3, -0.25) is 9.59 Å². The van der Waals surface area contributed by atoms with Crippen LogP contribution < -0.4 is 24.6 Å².